The summed E-state index contributed by atoms with van der Waals surface area (Å²) in [5, 5.41) is 3.37. The maximum absolute atomic E-state index is 12.9. The smallest absolute Gasteiger partial charge is 0.261 e. The molecule has 1 heterocycles. The number of nitrogens with zero attached hydrogens (tertiary/aromatic N) is 1. The van der Waals surface area contributed by atoms with Crippen LogP contribution in [-0.2, 0) is 4.79 Å². The molecule has 146 valence electrons. The van der Waals surface area contributed by atoms with Gasteiger partial charge in [0.15, 0.2) is 6.61 Å². The maximum Gasteiger partial charge on any atom is 0.261 e. The molecule has 1 saturated heterocycles. The van der Waals surface area contributed by atoms with Crippen LogP contribution in [-0.4, -0.2) is 44.2 Å². The number of methoxy groups -OCH3 is 1. The molecule has 6 heteroatoms. The lowest BCUT2D eigenvalue weighted by atomic mass is 10.0. The van der Waals surface area contributed by atoms with Crippen LogP contribution in [0.3, 0.4) is 0 Å². The number of halogens is 1. The van der Waals surface area contributed by atoms with Crippen LogP contribution in [0.5, 0.6) is 11.5 Å². The summed E-state index contributed by atoms with van der Waals surface area (Å²) in [6, 6.07) is 13.8. The van der Waals surface area contributed by atoms with Crippen LogP contribution < -0.4 is 14.8 Å². The Morgan fingerprint density at radius 2 is 1.96 bits per heavy atom. The normalized spacial score (nSPS) is 16.4. The van der Waals surface area contributed by atoms with Gasteiger partial charge >= 0.3 is 0 Å². The third-order valence-electron chi connectivity index (χ3n) is 4.76. The number of aryl methyl sites for hydroxylation is 2. The summed E-state index contributed by atoms with van der Waals surface area (Å²) in [6.07, 6.45) is 0. The molecule has 5 nitrogen and oxygen atoms in total. The first kappa shape index (κ1) is 21.1. The molecule has 1 amide bonds. The van der Waals surface area contributed by atoms with E-state index in [0.29, 0.717) is 13.1 Å². The summed E-state index contributed by atoms with van der Waals surface area (Å²) < 4.78 is 11.3. The van der Waals surface area contributed by atoms with Gasteiger partial charge in [-0.2, -0.15) is 0 Å². The molecule has 2 aromatic rings. The minimum Gasteiger partial charge on any atom is -0.496 e. The number of hydrogen-bond acceptors (Lipinski definition) is 4. The van der Waals surface area contributed by atoms with Crippen molar-refractivity contribution in [2.24, 2.45) is 0 Å². The number of benzene rings is 2. The van der Waals surface area contributed by atoms with E-state index in [9.17, 15) is 4.79 Å². The van der Waals surface area contributed by atoms with E-state index < -0.39 is 0 Å². The van der Waals surface area contributed by atoms with Gasteiger partial charge in [-0.05, 0) is 37.1 Å². The van der Waals surface area contributed by atoms with Crippen molar-refractivity contribution in [2.45, 2.75) is 19.9 Å². The Labute approximate surface area is 167 Å². The average Bonchev–Trinajstić information content (AvgIpc) is 2.68. The Balaban J connectivity index is 0.00000261. The van der Waals surface area contributed by atoms with E-state index in [4.69, 9.17) is 9.47 Å². The lowest BCUT2D eigenvalue weighted by Gasteiger charge is -2.37. The molecule has 1 unspecified atom stereocenters. The Morgan fingerprint density at radius 3 is 2.74 bits per heavy atom. The van der Waals surface area contributed by atoms with Gasteiger partial charge in [0.2, 0.25) is 0 Å². The highest BCUT2D eigenvalue weighted by Crippen LogP contribution is 2.30. The summed E-state index contributed by atoms with van der Waals surface area (Å²) in [5.74, 6) is 1.56. The molecular formula is C21H27ClN2O3. The van der Waals surface area contributed by atoms with Crippen LogP contribution in [0.4, 0.5) is 0 Å². The second kappa shape index (κ2) is 9.62. The van der Waals surface area contributed by atoms with Crippen molar-refractivity contribution < 1.29 is 14.3 Å². The fourth-order valence-corrected chi connectivity index (χ4v) is 3.31. The first-order valence-electron chi connectivity index (χ1n) is 8.93. The molecule has 0 spiro atoms. The third-order valence-corrected chi connectivity index (χ3v) is 4.76. The van der Waals surface area contributed by atoms with E-state index in [2.05, 4.69) is 5.32 Å². The number of carbonyl (C=O) groups excluding carboxylic acids is 1. The van der Waals surface area contributed by atoms with Crippen LogP contribution in [0.15, 0.2) is 42.5 Å². The monoisotopic (exact) mass is 390 g/mol. The number of hydrogen-bond donors (Lipinski definition) is 1. The van der Waals surface area contributed by atoms with Crippen LogP contribution in [0.1, 0.15) is 22.7 Å². The molecule has 1 atom stereocenters. The standard InChI is InChI=1S/C21H26N2O3.ClH/c1-15-8-9-16(2)20(12-15)26-14-21(24)23-11-10-22-13-18(23)17-6-4-5-7-19(17)25-3;/h4-9,12,18,22H,10-11,13-14H2,1-3H3;1H. The molecule has 0 radical (unpaired) electrons. The molecule has 1 aliphatic rings. The number of rotatable bonds is 5. The van der Waals surface area contributed by atoms with E-state index in [-0.39, 0.29) is 31.0 Å². The SMILES string of the molecule is COc1ccccc1C1CNCCN1C(=O)COc1cc(C)ccc1C.Cl. The van der Waals surface area contributed by atoms with E-state index >= 15 is 0 Å². The number of ether oxygens (including phenoxy) is 2. The molecular weight excluding hydrogens is 364 g/mol. The Bertz CT molecular complexity index is 782. The zero-order chi connectivity index (χ0) is 18.5. The number of carbonyl (C=O) groups is 1. The van der Waals surface area contributed by atoms with Crippen molar-refractivity contribution >= 4 is 18.3 Å². The Kier molecular flexibility index (Phi) is 7.51. The highest BCUT2D eigenvalue weighted by Gasteiger charge is 2.30. The summed E-state index contributed by atoms with van der Waals surface area (Å²) in [7, 11) is 1.66. The van der Waals surface area contributed by atoms with Gasteiger partial charge in [-0.25, -0.2) is 0 Å². The highest BCUT2D eigenvalue weighted by atomic mass is 35.5. The van der Waals surface area contributed by atoms with E-state index in [0.717, 1.165) is 34.7 Å². The van der Waals surface area contributed by atoms with Crippen LogP contribution in [0, 0.1) is 13.8 Å². The van der Waals surface area contributed by atoms with Crippen LogP contribution >= 0.6 is 12.4 Å². The fraction of sp³-hybridized carbons (Fsp3) is 0.381. The van der Waals surface area contributed by atoms with Gasteiger partial charge in [0.25, 0.3) is 5.91 Å². The van der Waals surface area contributed by atoms with Crippen molar-refractivity contribution in [3.8, 4) is 11.5 Å². The lowest BCUT2D eigenvalue weighted by molar-refractivity contribution is -0.136. The predicted molar refractivity (Wildman–Crippen MR) is 109 cm³/mol. The predicted octanol–water partition coefficient (Wildman–Crippen LogP) is 3.29. The first-order valence-corrected chi connectivity index (χ1v) is 8.93. The largest absolute Gasteiger partial charge is 0.496 e. The zero-order valence-corrected chi connectivity index (χ0v) is 16.8. The second-order valence-electron chi connectivity index (χ2n) is 6.61. The van der Waals surface area contributed by atoms with Crippen molar-refractivity contribution in [1.82, 2.24) is 10.2 Å². The van der Waals surface area contributed by atoms with Gasteiger partial charge < -0.3 is 19.7 Å². The summed E-state index contributed by atoms with van der Waals surface area (Å²) in [5.41, 5.74) is 3.17. The van der Waals surface area contributed by atoms with Crippen LogP contribution in [0.25, 0.3) is 0 Å². The van der Waals surface area contributed by atoms with Crippen LogP contribution in [0.2, 0.25) is 0 Å². The van der Waals surface area contributed by atoms with Gasteiger partial charge in [-0.15, -0.1) is 12.4 Å². The number of piperazine rings is 1. The van der Waals surface area contributed by atoms with Crippen molar-refractivity contribution in [3.63, 3.8) is 0 Å². The molecule has 0 aliphatic carbocycles. The highest BCUT2D eigenvalue weighted by molar-refractivity contribution is 5.85. The minimum atomic E-state index is -0.0605. The summed E-state index contributed by atoms with van der Waals surface area (Å²) in [4.78, 5) is 14.8. The molecule has 1 fully saturated rings. The quantitative estimate of drug-likeness (QED) is 0.851. The van der Waals surface area contributed by atoms with Crippen molar-refractivity contribution in [2.75, 3.05) is 33.4 Å². The number of para-hydroxylation sites is 1. The van der Waals surface area contributed by atoms with E-state index in [1.807, 2.05) is 61.2 Å². The molecule has 2 aromatic carbocycles. The van der Waals surface area contributed by atoms with Gasteiger partial charge in [0.1, 0.15) is 11.5 Å². The lowest BCUT2D eigenvalue weighted by Crippen LogP contribution is -2.50. The number of nitrogens with one attached hydrogen (secondary N) is 1. The van der Waals surface area contributed by atoms with E-state index in [1.165, 1.54) is 0 Å². The van der Waals surface area contributed by atoms with Gasteiger partial charge in [-0.1, -0.05) is 30.3 Å². The molecule has 0 saturated carbocycles. The molecule has 1 aliphatic heterocycles. The van der Waals surface area contributed by atoms with Crippen molar-refractivity contribution in [3.05, 3.63) is 59.2 Å². The maximum atomic E-state index is 12.9. The van der Waals surface area contributed by atoms with Gasteiger partial charge in [-0.3, -0.25) is 4.79 Å². The minimum absolute atomic E-state index is 0. The first-order chi connectivity index (χ1) is 12.6. The van der Waals surface area contributed by atoms with Gasteiger partial charge in [0, 0.05) is 25.2 Å². The summed E-state index contributed by atoms with van der Waals surface area (Å²) >= 11 is 0. The van der Waals surface area contributed by atoms with E-state index in [1.54, 1.807) is 7.11 Å². The van der Waals surface area contributed by atoms with Crippen molar-refractivity contribution in [1.29, 1.82) is 0 Å². The second-order valence-corrected chi connectivity index (χ2v) is 6.61. The molecule has 27 heavy (non-hydrogen) atoms. The summed E-state index contributed by atoms with van der Waals surface area (Å²) in [6.45, 7) is 6.17. The molecule has 3 rings (SSSR count). The molecule has 0 bridgehead atoms. The van der Waals surface area contributed by atoms with Gasteiger partial charge in [0.05, 0.1) is 13.2 Å². The Morgan fingerprint density at radius 1 is 1.19 bits per heavy atom. The molecule has 0 aromatic heterocycles. The fourth-order valence-electron chi connectivity index (χ4n) is 3.31. The topological polar surface area (TPSA) is 50.8 Å². The number of amides is 1. The average molecular weight is 391 g/mol. The third kappa shape index (κ3) is 4.93. The Hall–Kier alpha value is -2.24. The zero-order valence-electron chi connectivity index (χ0n) is 16.0. The molecule has 1 N–H and O–H groups in total.